The number of hydrogen-bond acceptors (Lipinski definition) is 33. The van der Waals surface area contributed by atoms with E-state index in [0.29, 0.717) is 70.9 Å². The van der Waals surface area contributed by atoms with E-state index in [2.05, 4.69) is 130 Å². The minimum Gasteiger partial charge on any atom is -0.780 e. The first-order valence-electron chi connectivity index (χ1n) is 42.4. The number of carbonyl (C=O) groups is 2. The number of benzene rings is 2. The van der Waals surface area contributed by atoms with Gasteiger partial charge in [-0.1, -0.05) is 114 Å². The maximum Gasteiger partial charge on any atom is 1.00 e. The van der Waals surface area contributed by atoms with Crippen LogP contribution in [0.15, 0.2) is 111 Å². The van der Waals surface area contributed by atoms with Crippen molar-refractivity contribution < 1.29 is 152 Å². The third-order valence-electron chi connectivity index (χ3n) is 26.1. The summed E-state index contributed by atoms with van der Waals surface area (Å²) in [6.07, 6.45) is 4.94. The summed E-state index contributed by atoms with van der Waals surface area (Å²) in [5, 5.41) is 24.1. The van der Waals surface area contributed by atoms with Gasteiger partial charge in [-0.05, 0) is 135 Å². The maximum atomic E-state index is 14.2. The van der Waals surface area contributed by atoms with Gasteiger partial charge in [-0.25, -0.2) is 61.0 Å². The fraction of sp³-hybridized carbons (Fsp3) is 0.543. The molecule has 5 N–H and O–H groups in total. The molecule has 5 aliphatic heterocycles. The molecule has 1 amide bonds. The molecule has 3 aliphatic carbocycles. The molecule has 8 aromatic heterocycles. The molecule has 49 heteroatoms. The number of aliphatic hydroxyl groups is 2. The molecule has 13 heterocycles. The van der Waals surface area contributed by atoms with Crippen molar-refractivity contribution >= 4 is 159 Å². The largest absolute Gasteiger partial charge is 1.00 e. The molecule has 684 valence electrons. The molecule has 4 bridgehead atoms. The van der Waals surface area contributed by atoms with Gasteiger partial charge in [0.2, 0.25) is 6.54 Å². The Balaban J connectivity index is 0.000000224. The van der Waals surface area contributed by atoms with Crippen molar-refractivity contribution in [3.05, 3.63) is 156 Å². The number of rotatable bonds is 15. The van der Waals surface area contributed by atoms with Crippen molar-refractivity contribution in [2.24, 2.45) is 11.8 Å². The summed E-state index contributed by atoms with van der Waals surface area (Å²) >= 11 is 22.0. The van der Waals surface area contributed by atoms with Crippen LogP contribution in [0.3, 0.4) is 0 Å². The molecular weight excluding hydrogens is 1890 g/mol. The molecule has 0 spiro atoms. The first kappa shape index (κ1) is 100.0. The number of ether oxygens (including phenoxy) is 2. The number of nitrogen functional groups attached to an aromatic ring is 1. The van der Waals surface area contributed by atoms with Crippen LogP contribution in [0, 0.1) is 18.4 Å². The second kappa shape index (κ2) is 39.8. The number of aromatic nitrogens is 14. The summed E-state index contributed by atoms with van der Waals surface area (Å²) in [6, 6.07) is 17.1. The van der Waals surface area contributed by atoms with E-state index in [4.69, 9.17) is 122 Å². The number of hydrogen-bond donors (Lipinski definition) is 5. The molecule has 2 aromatic carbocycles. The van der Waals surface area contributed by atoms with E-state index >= 15 is 0 Å². The van der Waals surface area contributed by atoms with Crippen LogP contribution < -0.4 is 74.6 Å². The van der Waals surface area contributed by atoms with Gasteiger partial charge in [0.05, 0.1) is 92.7 Å². The summed E-state index contributed by atoms with van der Waals surface area (Å²) in [5.74, 6) is -0.908. The Kier molecular flexibility index (Phi) is 30.6. The molecule has 8 aliphatic rings. The second-order valence-electron chi connectivity index (χ2n) is 36.3. The quantitative estimate of drug-likeness (QED) is 0.0194. The third kappa shape index (κ3) is 20.5. The van der Waals surface area contributed by atoms with E-state index in [1.165, 1.54) is 36.2 Å². The molecule has 130 heavy (non-hydrogen) atoms. The topological polar surface area (TPSA) is 437 Å². The number of carbonyl (C=O) groups excluding carboxylic acids is 2. The van der Waals surface area contributed by atoms with Gasteiger partial charge in [-0.2, -0.15) is 0 Å². The molecule has 0 radical (unpaired) electrons. The smallest absolute Gasteiger partial charge is 0.780 e. The minimum absolute atomic E-state index is 0. The number of thiol groups is 1. The van der Waals surface area contributed by atoms with Crippen LogP contribution in [0.1, 0.15) is 141 Å². The molecule has 4 saturated heterocycles. The van der Waals surface area contributed by atoms with E-state index in [-0.39, 0.29) is 144 Å². The van der Waals surface area contributed by atoms with Crippen LogP contribution in [0.25, 0.3) is 49.2 Å². The van der Waals surface area contributed by atoms with Crippen LogP contribution in [-0.2, 0) is 125 Å². The Bertz CT molecular complexity index is 6110. The summed E-state index contributed by atoms with van der Waals surface area (Å²) < 4.78 is 106. The zero-order valence-corrected chi connectivity index (χ0v) is 86.8. The number of aryl methyl sites for hydroxylation is 3. The standard InChI is InChI=1S/C55H71N9O11P2S2Si2.C26H32N8O9P2S2.2Na/c1-54(2,3)80(8,9)74-46-40(63-29-37-23-18-25-62(49-43(37)50(63)59-33-58-49)52(66)36-21-16-13-17-22-36)27-38-30-70-77(79,68-26-24-56-7)73-48-47(75-81(10,11)55(4,5)6)42(31-69-76(67,78)72-45(38)46)71-53(48)64-34-61-44-39(57-32-60-51(44)64)28-41(65)35-19-14-12-15-20-35;27-23-18-25(31-10-29-23)34(11-32-18)26-22-20(36)16(41-26)8-40-45(38,47)42-21-13(7-39-44(37,46)43-22)5-15(19(21)35)33-6-12-3-1-2-4-14-17(12)24(33)30-9-28-14;;/h12-17,19-22,29,32-34,38,40,42,45-48,53H,18,23-28,30-31H2,1-6,8-11H3,(H,67,78);6,9-11,13,15-16,19-22,26,35-36H,1-5,7-8H2,(H,37,46)(H,38,47)(H2,27,29,31);;/q;;2*+1/p-1/t38-,40-,42-,45-,46+,47-,48-,53-,76?,77?;13-,15-,16-,19+,20-,21-,22-,26-,44?,45?;;/m11../s1. The predicted octanol–water partition coefficient (Wildman–Crippen LogP) is 6.08. The van der Waals surface area contributed by atoms with Gasteiger partial charge < -0.3 is 89.7 Å². The van der Waals surface area contributed by atoms with Crippen LogP contribution in [0.4, 0.5) is 11.6 Å². The summed E-state index contributed by atoms with van der Waals surface area (Å²) in [5.41, 5.74) is 13.0. The monoisotopic (exact) mass is 1990 g/mol. The van der Waals surface area contributed by atoms with E-state index in [9.17, 15) is 34.2 Å². The number of amides is 1. The Labute approximate surface area is 817 Å². The van der Waals surface area contributed by atoms with Gasteiger partial charge in [0.15, 0.2) is 52.0 Å². The average Bonchev–Trinajstić information content (AvgIpc) is 1.59. The normalized spacial score (nSPS) is 31.0. The number of ketones is 1. The predicted molar refractivity (Wildman–Crippen MR) is 488 cm³/mol. The minimum atomic E-state index is -4.29. The fourth-order valence-electron chi connectivity index (χ4n) is 17.6. The molecule has 4 unspecified atom stereocenters. The van der Waals surface area contributed by atoms with Crippen LogP contribution in [0.2, 0.25) is 36.3 Å². The zero-order valence-electron chi connectivity index (χ0n) is 73.9. The van der Waals surface area contributed by atoms with Crippen molar-refractivity contribution in [3.63, 3.8) is 0 Å². The maximum absolute atomic E-state index is 14.2. The van der Waals surface area contributed by atoms with Gasteiger partial charge in [0, 0.05) is 47.3 Å². The van der Waals surface area contributed by atoms with Crippen molar-refractivity contribution in [2.45, 2.75) is 221 Å². The van der Waals surface area contributed by atoms with E-state index in [1.54, 1.807) is 52.2 Å². The Morgan fingerprint density at radius 3 is 1.87 bits per heavy atom. The average molecular weight is 1990 g/mol. The van der Waals surface area contributed by atoms with E-state index in [0.717, 1.165) is 53.3 Å². The van der Waals surface area contributed by atoms with Crippen molar-refractivity contribution in [1.82, 2.24) is 68.1 Å². The molecular formula is C81H102N17Na2O20P4S4Si2+. The molecule has 2 saturated carbocycles. The first-order chi connectivity index (χ1) is 60.8. The number of Topliss-reactive ketones (excluding diaryl/α,β-unsaturated/α-hetero) is 1. The van der Waals surface area contributed by atoms with Gasteiger partial charge >= 0.3 is 79.3 Å². The molecule has 37 nitrogen and oxygen atoms in total. The molecule has 18 rings (SSSR count). The molecule has 6 fully saturated rings. The van der Waals surface area contributed by atoms with Crippen LogP contribution >= 0.6 is 39.2 Å². The number of fused-ring (bicyclic) bond motifs is 8. The van der Waals surface area contributed by atoms with Gasteiger partial charge in [-0.15, -0.1) is 0 Å². The summed E-state index contributed by atoms with van der Waals surface area (Å²) in [6.45, 7) is 11.5. The summed E-state index contributed by atoms with van der Waals surface area (Å²) in [4.78, 5) is 104. The van der Waals surface area contributed by atoms with Crippen LogP contribution in [0.5, 0.6) is 0 Å². The first-order valence-corrected chi connectivity index (χ1v) is 58.6. The fourth-order valence-corrected chi connectivity index (χ4v) is 26.8. The van der Waals surface area contributed by atoms with E-state index < -0.39 is 148 Å². The SMILES string of the molecule is Nc1ncnc2c1ncn2[C@@H]1O[C@@H]2COP([O-])(=S)O[C@@H]3[C@@H](COP(=O)(S)O[C@@H]1[C@@H]2O)C[C@@H](n1cc2c4c(ncnc41)CCCC2)[C@@H]3O.[C-]#[N+]CCOP1(=S)OC[C@H]2C[C@@H](n3cc4c5c(ncnc53)N(C(=O)c3ccccc3)CCC4)[C@H](O[Si](C)(C)C(C)(C)C)[C@@H]2OP(O)(=S)OC[C@H]2O[C@@H](n3cnc4c(CC(=O)c5ccccc5)ncnc43)[C@H](O1)[C@@H]2O[Si](C)(C)C(C)(C)C.[Na+].[Na+]. The zero-order chi connectivity index (χ0) is 90.5. The molecule has 20 atom stereocenters. The number of aliphatic hydroxyl groups excluding tert-OH is 2. The number of imidazole rings is 2. The van der Waals surface area contributed by atoms with Gasteiger partial charge in [0.25, 0.3) is 5.91 Å². The van der Waals surface area contributed by atoms with Crippen molar-refractivity contribution in [3.8, 4) is 0 Å². The van der Waals surface area contributed by atoms with Crippen molar-refractivity contribution in [1.29, 1.82) is 0 Å². The van der Waals surface area contributed by atoms with Gasteiger partial charge in [0.1, 0.15) is 110 Å². The summed E-state index contributed by atoms with van der Waals surface area (Å²) in [7, 11) is -5.43. The second-order valence-corrected chi connectivity index (χ2v) is 57.1. The van der Waals surface area contributed by atoms with Gasteiger partial charge in [-0.3, -0.25) is 32.7 Å². The Morgan fingerprint density at radius 1 is 0.615 bits per heavy atom. The third-order valence-corrected chi connectivity index (χ3v) is 42.1. The van der Waals surface area contributed by atoms with Crippen molar-refractivity contribution in [2.75, 3.05) is 56.8 Å². The number of anilines is 2. The Hall–Kier alpha value is -4.51. The Morgan fingerprint density at radius 2 is 1.18 bits per heavy atom. The number of nitrogens with zero attached hydrogens (tertiary/aromatic N) is 16. The molecule has 10 aromatic rings. The number of nitrogens with two attached hydrogens (primary N) is 1. The van der Waals surface area contributed by atoms with E-state index in [1.807, 2.05) is 35.0 Å². The van der Waals surface area contributed by atoms with Crippen LogP contribution in [-0.4, -0.2) is 219 Å².